The summed E-state index contributed by atoms with van der Waals surface area (Å²) in [7, 11) is -3.42. The van der Waals surface area contributed by atoms with Gasteiger partial charge in [0.25, 0.3) is 0 Å². The van der Waals surface area contributed by atoms with Crippen LogP contribution in [0, 0.1) is 13.8 Å². The molecule has 1 amide bonds. The minimum absolute atomic E-state index is 0.0740. The number of sulfonamides is 1. The molecule has 0 atom stereocenters. The Bertz CT molecular complexity index is 774. The maximum atomic E-state index is 11.8. The summed E-state index contributed by atoms with van der Waals surface area (Å²) in [6.07, 6.45) is 2.93. The molecule has 0 unspecified atom stereocenters. The third-order valence-electron chi connectivity index (χ3n) is 3.09. The van der Waals surface area contributed by atoms with Crippen LogP contribution in [0.15, 0.2) is 6.20 Å². The Hall–Kier alpha value is -2.43. The van der Waals surface area contributed by atoms with Crippen molar-refractivity contribution in [2.24, 2.45) is 0 Å². The molecule has 0 aliphatic heterocycles. The van der Waals surface area contributed by atoms with E-state index in [2.05, 4.69) is 30.4 Å². The molecule has 0 spiro atoms. The molecule has 10 nitrogen and oxygen atoms in total. The average Bonchev–Trinajstić information content (AvgIpc) is 2.97. The van der Waals surface area contributed by atoms with Gasteiger partial charge in [0.1, 0.15) is 6.54 Å². The number of carbonyl (C=O) groups excluding carboxylic acids is 1. The molecule has 0 fully saturated rings. The van der Waals surface area contributed by atoms with E-state index < -0.39 is 10.0 Å². The van der Waals surface area contributed by atoms with Crippen LogP contribution in [0.4, 0.5) is 5.82 Å². The van der Waals surface area contributed by atoms with Gasteiger partial charge in [-0.15, -0.1) is 5.10 Å². The van der Waals surface area contributed by atoms with Gasteiger partial charge in [0.2, 0.25) is 15.9 Å². The summed E-state index contributed by atoms with van der Waals surface area (Å²) in [6, 6.07) is 0. The maximum absolute atomic E-state index is 11.8. The van der Waals surface area contributed by atoms with E-state index in [0.29, 0.717) is 13.0 Å². The molecular weight excluding hydrogens is 322 g/mol. The quantitative estimate of drug-likeness (QED) is 0.612. The van der Waals surface area contributed by atoms with Crippen LogP contribution in [0.25, 0.3) is 0 Å². The number of anilines is 1. The van der Waals surface area contributed by atoms with Gasteiger partial charge in [0.15, 0.2) is 5.82 Å². The first-order valence-electron chi connectivity index (χ1n) is 6.89. The standard InChI is InChI=1S/C12H19N7O3S/c1-8-10(9(2)16-15-8)4-5-13-12(20)7-19-14-6-11(17-19)18-23(3,21)22/h6H,4-5,7H2,1-3H3,(H,13,20)(H,15,16)(H,17,18). The normalized spacial score (nSPS) is 11.4. The van der Waals surface area contributed by atoms with Crippen molar-refractivity contribution in [3.05, 3.63) is 23.1 Å². The molecule has 126 valence electrons. The molecule has 0 aromatic carbocycles. The Morgan fingerprint density at radius 2 is 2.13 bits per heavy atom. The zero-order chi connectivity index (χ0) is 17.0. The van der Waals surface area contributed by atoms with Gasteiger partial charge in [-0.25, -0.2) is 8.42 Å². The average molecular weight is 341 g/mol. The lowest BCUT2D eigenvalue weighted by Gasteiger charge is -2.05. The molecule has 0 saturated carbocycles. The molecule has 0 aliphatic rings. The number of H-pyrrole nitrogens is 1. The fourth-order valence-corrected chi connectivity index (χ4v) is 2.54. The van der Waals surface area contributed by atoms with E-state index in [1.165, 1.54) is 6.20 Å². The van der Waals surface area contributed by atoms with Gasteiger partial charge < -0.3 is 5.32 Å². The fraction of sp³-hybridized carbons (Fsp3) is 0.500. The Morgan fingerprint density at radius 1 is 1.39 bits per heavy atom. The number of aromatic nitrogens is 5. The van der Waals surface area contributed by atoms with Crippen LogP contribution >= 0.6 is 0 Å². The molecule has 2 aromatic heterocycles. The lowest BCUT2D eigenvalue weighted by atomic mass is 10.1. The lowest BCUT2D eigenvalue weighted by molar-refractivity contribution is -0.122. The number of nitrogens with zero attached hydrogens (tertiary/aromatic N) is 4. The molecule has 11 heteroatoms. The fourth-order valence-electron chi connectivity index (χ4n) is 2.06. The molecule has 0 aliphatic carbocycles. The van der Waals surface area contributed by atoms with Crippen LogP contribution in [0.5, 0.6) is 0 Å². The number of hydrogen-bond acceptors (Lipinski definition) is 6. The second-order valence-corrected chi connectivity index (χ2v) is 6.90. The van der Waals surface area contributed by atoms with Crippen LogP contribution < -0.4 is 10.0 Å². The van der Waals surface area contributed by atoms with E-state index in [9.17, 15) is 13.2 Å². The predicted octanol–water partition coefficient (Wildman–Crippen LogP) is -0.652. The van der Waals surface area contributed by atoms with Crippen LogP contribution in [0.2, 0.25) is 0 Å². The number of aryl methyl sites for hydroxylation is 2. The predicted molar refractivity (Wildman–Crippen MR) is 83.3 cm³/mol. The summed E-state index contributed by atoms with van der Waals surface area (Å²) in [5.41, 5.74) is 2.99. The van der Waals surface area contributed by atoms with E-state index in [1.807, 2.05) is 13.8 Å². The second-order valence-electron chi connectivity index (χ2n) is 5.15. The Kier molecular flexibility index (Phi) is 4.98. The minimum atomic E-state index is -3.42. The van der Waals surface area contributed by atoms with Crippen molar-refractivity contribution < 1.29 is 13.2 Å². The zero-order valence-electron chi connectivity index (χ0n) is 13.1. The highest BCUT2D eigenvalue weighted by atomic mass is 32.2. The Morgan fingerprint density at radius 3 is 2.74 bits per heavy atom. The smallest absolute Gasteiger partial charge is 0.243 e. The van der Waals surface area contributed by atoms with Crippen LogP contribution in [-0.2, 0) is 27.8 Å². The molecule has 2 aromatic rings. The van der Waals surface area contributed by atoms with Gasteiger partial charge >= 0.3 is 0 Å². The van der Waals surface area contributed by atoms with E-state index in [4.69, 9.17) is 0 Å². The van der Waals surface area contributed by atoms with Crippen molar-refractivity contribution in [2.75, 3.05) is 17.5 Å². The van der Waals surface area contributed by atoms with Gasteiger partial charge in [0.05, 0.1) is 18.1 Å². The van der Waals surface area contributed by atoms with E-state index in [1.54, 1.807) is 0 Å². The second kappa shape index (κ2) is 6.77. The maximum Gasteiger partial charge on any atom is 0.243 e. The van der Waals surface area contributed by atoms with Gasteiger partial charge in [-0.1, -0.05) is 0 Å². The van der Waals surface area contributed by atoms with Crippen molar-refractivity contribution in [1.82, 2.24) is 30.5 Å². The summed E-state index contributed by atoms with van der Waals surface area (Å²) in [6.45, 7) is 4.22. The van der Waals surface area contributed by atoms with Crippen molar-refractivity contribution in [3.8, 4) is 0 Å². The van der Waals surface area contributed by atoms with Crippen molar-refractivity contribution in [1.29, 1.82) is 0 Å². The first kappa shape index (κ1) is 16.9. The summed E-state index contributed by atoms with van der Waals surface area (Å²) >= 11 is 0. The Labute approximate surface area is 133 Å². The highest BCUT2D eigenvalue weighted by Crippen LogP contribution is 2.09. The summed E-state index contributed by atoms with van der Waals surface area (Å²) in [5.74, 6) is -0.185. The molecule has 3 N–H and O–H groups in total. The van der Waals surface area contributed by atoms with Gasteiger partial charge in [-0.05, 0) is 25.8 Å². The number of amides is 1. The van der Waals surface area contributed by atoms with Crippen molar-refractivity contribution >= 4 is 21.7 Å². The number of aromatic amines is 1. The van der Waals surface area contributed by atoms with Crippen LogP contribution in [-0.4, -0.2) is 52.3 Å². The van der Waals surface area contributed by atoms with E-state index in [-0.39, 0.29) is 18.3 Å². The SMILES string of the molecule is Cc1n[nH]c(C)c1CCNC(=O)Cn1ncc(NS(C)(=O)=O)n1. The molecule has 0 saturated heterocycles. The zero-order valence-corrected chi connectivity index (χ0v) is 13.9. The minimum Gasteiger partial charge on any atom is -0.354 e. The summed E-state index contributed by atoms with van der Waals surface area (Å²) in [5, 5.41) is 17.4. The van der Waals surface area contributed by atoms with E-state index in [0.717, 1.165) is 28.0 Å². The largest absolute Gasteiger partial charge is 0.354 e. The van der Waals surface area contributed by atoms with E-state index >= 15 is 0 Å². The van der Waals surface area contributed by atoms with Gasteiger partial charge in [-0.3, -0.25) is 14.6 Å². The van der Waals surface area contributed by atoms with Gasteiger partial charge in [-0.2, -0.15) is 15.0 Å². The number of nitrogens with one attached hydrogen (secondary N) is 3. The first-order valence-corrected chi connectivity index (χ1v) is 8.79. The number of rotatable bonds is 7. The number of hydrogen-bond donors (Lipinski definition) is 3. The molecule has 0 bridgehead atoms. The highest BCUT2D eigenvalue weighted by Gasteiger charge is 2.10. The van der Waals surface area contributed by atoms with Crippen LogP contribution in [0.1, 0.15) is 17.0 Å². The molecular formula is C12H19N7O3S. The molecule has 23 heavy (non-hydrogen) atoms. The molecule has 2 heterocycles. The Balaban J connectivity index is 1.81. The van der Waals surface area contributed by atoms with Crippen molar-refractivity contribution in [3.63, 3.8) is 0 Å². The lowest BCUT2D eigenvalue weighted by Crippen LogP contribution is -2.30. The molecule has 2 rings (SSSR count). The summed E-state index contributed by atoms with van der Waals surface area (Å²) in [4.78, 5) is 13.0. The monoisotopic (exact) mass is 341 g/mol. The van der Waals surface area contributed by atoms with Gasteiger partial charge in [0, 0.05) is 12.2 Å². The third-order valence-corrected chi connectivity index (χ3v) is 3.67. The number of carbonyl (C=O) groups is 1. The molecule has 0 radical (unpaired) electrons. The first-order chi connectivity index (χ1) is 10.7. The summed E-state index contributed by atoms with van der Waals surface area (Å²) < 4.78 is 24.3. The topological polar surface area (TPSA) is 135 Å². The van der Waals surface area contributed by atoms with Crippen molar-refractivity contribution in [2.45, 2.75) is 26.8 Å². The third kappa shape index (κ3) is 5.06. The highest BCUT2D eigenvalue weighted by molar-refractivity contribution is 7.92. The van der Waals surface area contributed by atoms with Crippen LogP contribution in [0.3, 0.4) is 0 Å².